The molecule has 1 unspecified atom stereocenters. The van der Waals surface area contributed by atoms with Crippen LogP contribution in [-0.2, 0) is 0 Å². The first-order valence-electron chi connectivity index (χ1n) is 4.28. The van der Waals surface area contributed by atoms with Crippen LogP contribution >= 0.6 is 24.4 Å². The fraction of sp³-hybridized carbons (Fsp3) is 0.556. The number of rotatable bonds is 5. The van der Waals surface area contributed by atoms with Crippen LogP contribution in [0.3, 0.4) is 0 Å². The lowest BCUT2D eigenvalue weighted by Crippen LogP contribution is -2.41. The predicted molar refractivity (Wildman–Crippen MR) is 66.3 cm³/mol. The van der Waals surface area contributed by atoms with Crippen molar-refractivity contribution in [3.8, 4) is 0 Å². The van der Waals surface area contributed by atoms with Gasteiger partial charge in [0.15, 0.2) is 5.11 Å². The maximum Gasteiger partial charge on any atom is 0.167 e. The molecular weight excluding hydrogens is 200 g/mol. The van der Waals surface area contributed by atoms with Crippen molar-refractivity contribution in [2.75, 3.05) is 6.54 Å². The maximum atomic E-state index is 5.05. The summed E-state index contributed by atoms with van der Waals surface area (Å²) in [4.78, 5) is 0.982. The van der Waals surface area contributed by atoms with Gasteiger partial charge in [-0.3, -0.25) is 0 Å². The van der Waals surface area contributed by atoms with E-state index in [4.69, 9.17) is 24.4 Å². The lowest BCUT2D eigenvalue weighted by molar-refractivity contribution is 0.790. The molecule has 0 fully saturated rings. The minimum absolute atomic E-state index is 0.190. The third-order valence-electron chi connectivity index (χ3n) is 1.55. The predicted octanol–water partition coefficient (Wildman–Crippen LogP) is 1.80. The second kappa shape index (κ2) is 6.97. The zero-order valence-corrected chi connectivity index (χ0v) is 9.73. The maximum absolute atomic E-state index is 5.05. The van der Waals surface area contributed by atoms with E-state index in [1.165, 1.54) is 0 Å². The van der Waals surface area contributed by atoms with Gasteiger partial charge in [0, 0.05) is 17.5 Å². The molecule has 2 nitrogen and oxygen atoms in total. The molecule has 0 bridgehead atoms. The Bertz CT molecular complexity index is 202. The van der Waals surface area contributed by atoms with Crippen LogP contribution in [0, 0.1) is 0 Å². The molecule has 0 amide bonds. The molecule has 1 atom stereocenters. The van der Waals surface area contributed by atoms with Crippen LogP contribution in [0.2, 0.25) is 0 Å². The fourth-order valence-corrected chi connectivity index (χ4v) is 0.951. The summed E-state index contributed by atoms with van der Waals surface area (Å²) in [5.41, 5.74) is 0. The van der Waals surface area contributed by atoms with Crippen molar-refractivity contribution in [1.82, 2.24) is 10.6 Å². The molecule has 4 heteroatoms. The normalized spacial score (nSPS) is 11.5. The van der Waals surface area contributed by atoms with Crippen LogP contribution in [0.25, 0.3) is 0 Å². The molecule has 0 aromatic heterocycles. The number of thiocarbonyl (C=S) groups is 2. The molecule has 0 heterocycles. The van der Waals surface area contributed by atoms with E-state index in [2.05, 4.69) is 17.2 Å². The summed E-state index contributed by atoms with van der Waals surface area (Å²) in [5, 5.41) is 6.71. The zero-order chi connectivity index (χ0) is 10.3. The average Bonchev–Trinajstić information content (AvgIpc) is 2.13. The largest absolute Gasteiger partial charge is 0.358 e. The molecule has 0 aliphatic heterocycles. The Balaban J connectivity index is 3.63. The van der Waals surface area contributed by atoms with Crippen LogP contribution in [0.1, 0.15) is 20.3 Å². The molecule has 0 saturated heterocycles. The van der Waals surface area contributed by atoms with Crippen molar-refractivity contribution in [2.24, 2.45) is 0 Å². The van der Waals surface area contributed by atoms with Gasteiger partial charge in [0.2, 0.25) is 0 Å². The monoisotopic (exact) mass is 216 g/mol. The van der Waals surface area contributed by atoms with E-state index in [0.29, 0.717) is 11.7 Å². The highest BCUT2D eigenvalue weighted by molar-refractivity contribution is 7.80. The highest BCUT2D eigenvalue weighted by Gasteiger charge is 1.99. The topological polar surface area (TPSA) is 24.1 Å². The zero-order valence-electron chi connectivity index (χ0n) is 8.09. The standard InChI is InChI=1S/C9H16N2S2/c1-4-7(3)11-9(13)10-6-8(12)5-2/h4,7H,1,5-6H2,2-3H3,(H2,10,11,13). The van der Waals surface area contributed by atoms with Crippen molar-refractivity contribution >= 4 is 34.4 Å². The van der Waals surface area contributed by atoms with Crippen LogP contribution in [0.4, 0.5) is 0 Å². The third kappa shape index (κ3) is 6.66. The van der Waals surface area contributed by atoms with Crippen LogP contribution < -0.4 is 10.6 Å². The molecular formula is C9H16N2S2. The SMILES string of the molecule is C=CC(C)NC(=S)NCC(=S)CC. The smallest absolute Gasteiger partial charge is 0.167 e. The number of nitrogens with one attached hydrogen (secondary N) is 2. The second-order valence-electron chi connectivity index (χ2n) is 2.74. The molecule has 0 aliphatic carbocycles. The quantitative estimate of drug-likeness (QED) is 0.540. The van der Waals surface area contributed by atoms with Gasteiger partial charge in [-0.1, -0.05) is 25.2 Å². The first-order chi connectivity index (χ1) is 6.10. The Labute approximate surface area is 90.8 Å². The molecule has 0 aromatic carbocycles. The van der Waals surface area contributed by atoms with E-state index >= 15 is 0 Å². The van der Waals surface area contributed by atoms with Crippen LogP contribution in [0.5, 0.6) is 0 Å². The van der Waals surface area contributed by atoms with E-state index in [9.17, 15) is 0 Å². The summed E-state index contributed by atoms with van der Waals surface area (Å²) in [6, 6.07) is 0.190. The number of hydrogen-bond donors (Lipinski definition) is 2. The molecule has 0 aliphatic rings. The molecule has 2 N–H and O–H groups in total. The summed E-state index contributed by atoms with van der Waals surface area (Å²) in [7, 11) is 0. The van der Waals surface area contributed by atoms with E-state index in [0.717, 1.165) is 11.3 Å². The molecule has 13 heavy (non-hydrogen) atoms. The first-order valence-corrected chi connectivity index (χ1v) is 5.10. The minimum atomic E-state index is 0.190. The Morgan fingerprint density at radius 2 is 2.15 bits per heavy atom. The van der Waals surface area contributed by atoms with Crippen molar-refractivity contribution in [1.29, 1.82) is 0 Å². The van der Waals surface area contributed by atoms with Gasteiger partial charge in [-0.25, -0.2) is 0 Å². The lowest BCUT2D eigenvalue weighted by Gasteiger charge is -2.13. The number of hydrogen-bond acceptors (Lipinski definition) is 2. The first kappa shape index (κ1) is 12.5. The van der Waals surface area contributed by atoms with Gasteiger partial charge >= 0.3 is 0 Å². The van der Waals surface area contributed by atoms with E-state index < -0.39 is 0 Å². The van der Waals surface area contributed by atoms with Crippen LogP contribution in [-0.4, -0.2) is 22.6 Å². The van der Waals surface area contributed by atoms with Crippen molar-refractivity contribution < 1.29 is 0 Å². The highest BCUT2D eigenvalue weighted by atomic mass is 32.1. The second-order valence-corrected chi connectivity index (χ2v) is 3.73. The Kier molecular flexibility index (Phi) is 6.72. The third-order valence-corrected chi connectivity index (χ3v) is 2.25. The summed E-state index contributed by atoms with van der Waals surface area (Å²) < 4.78 is 0. The minimum Gasteiger partial charge on any atom is -0.358 e. The van der Waals surface area contributed by atoms with Crippen molar-refractivity contribution in [3.05, 3.63) is 12.7 Å². The molecule has 74 valence electrons. The van der Waals surface area contributed by atoms with E-state index in [-0.39, 0.29) is 6.04 Å². The van der Waals surface area contributed by atoms with Gasteiger partial charge in [0.25, 0.3) is 0 Å². The molecule has 0 radical (unpaired) electrons. The molecule has 0 saturated carbocycles. The van der Waals surface area contributed by atoms with Gasteiger partial charge in [0.1, 0.15) is 0 Å². The van der Waals surface area contributed by atoms with E-state index in [1.54, 1.807) is 6.08 Å². The Morgan fingerprint density at radius 1 is 1.54 bits per heavy atom. The van der Waals surface area contributed by atoms with Crippen molar-refractivity contribution in [3.63, 3.8) is 0 Å². The van der Waals surface area contributed by atoms with Gasteiger partial charge in [-0.2, -0.15) is 0 Å². The van der Waals surface area contributed by atoms with Crippen molar-refractivity contribution in [2.45, 2.75) is 26.3 Å². The Morgan fingerprint density at radius 3 is 2.62 bits per heavy atom. The highest BCUT2D eigenvalue weighted by Crippen LogP contribution is 1.84. The molecule has 0 spiro atoms. The molecule has 0 aromatic rings. The summed E-state index contributed by atoms with van der Waals surface area (Å²) >= 11 is 10.1. The van der Waals surface area contributed by atoms with E-state index in [1.807, 2.05) is 13.8 Å². The van der Waals surface area contributed by atoms with Gasteiger partial charge in [-0.05, 0) is 25.6 Å². The molecule has 0 rings (SSSR count). The Hall–Kier alpha value is -0.480. The lowest BCUT2D eigenvalue weighted by atomic mass is 10.3. The van der Waals surface area contributed by atoms with Gasteiger partial charge < -0.3 is 10.6 Å². The summed E-state index contributed by atoms with van der Waals surface area (Å²) in [6.07, 6.45) is 2.70. The average molecular weight is 216 g/mol. The summed E-state index contributed by atoms with van der Waals surface area (Å²) in [5.74, 6) is 0. The fourth-order valence-electron chi connectivity index (χ4n) is 0.621. The summed E-state index contributed by atoms with van der Waals surface area (Å²) in [6.45, 7) is 8.34. The van der Waals surface area contributed by atoms with Gasteiger partial charge in [-0.15, -0.1) is 6.58 Å². The van der Waals surface area contributed by atoms with Gasteiger partial charge in [0.05, 0.1) is 0 Å². The van der Waals surface area contributed by atoms with Crippen LogP contribution in [0.15, 0.2) is 12.7 Å².